The van der Waals surface area contributed by atoms with Crippen LogP contribution in [-0.4, -0.2) is 22.9 Å². The van der Waals surface area contributed by atoms with Gasteiger partial charge in [0, 0.05) is 0 Å². The Hall–Kier alpha value is -1.07. The minimum Gasteiger partial charge on any atom is -0.478 e. The summed E-state index contributed by atoms with van der Waals surface area (Å²) in [6.07, 6.45) is -5.75. The third-order valence-corrected chi connectivity index (χ3v) is 1.01. The maximum atomic E-state index is 12.3. The monoisotopic (exact) mass is 172 g/mol. The summed E-state index contributed by atoms with van der Waals surface area (Å²) in [5, 5.41) is 7.80. The molecule has 0 aromatic heterocycles. The topological polar surface area (TPSA) is 37.3 Å². The van der Waals surface area contributed by atoms with Crippen LogP contribution < -0.4 is 0 Å². The Kier molecular flexibility index (Phi) is 2.27. The SMILES string of the molecule is C=CC(F)(C(=O)O)C(F)(F)F. The number of aliphatic carboxylic acids is 1. The predicted octanol–water partition coefficient (Wildman–Crippen LogP) is 1.53. The van der Waals surface area contributed by atoms with Crippen LogP contribution >= 0.6 is 0 Å². The van der Waals surface area contributed by atoms with Crippen molar-refractivity contribution in [1.29, 1.82) is 0 Å². The first kappa shape index (κ1) is 9.93. The molecule has 0 rings (SSSR count). The molecule has 1 unspecified atom stereocenters. The first-order valence-electron chi connectivity index (χ1n) is 2.38. The lowest BCUT2D eigenvalue weighted by atomic mass is 10.1. The highest BCUT2D eigenvalue weighted by atomic mass is 19.4. The zero-order valence-corrected chi connectivity index (χ0v) is 5.15. The van der Waals surface area contributed by atoms with E-state index in [1.54, 1.807) is 0 Å². The lowest BCUT2D eigenvalue weighted by Gasteiger charge is -2.18. The first-order valence-corrected chi connectivity index (χ1v) is 2.38. The third kappa shape index (κ3) is 1.50. The quantitative estimate of drug-likeness (QED) is 0.506. The second-order valence-electron chi connectivity index (χ2n) is 1.72. The average Bonchev–Trinajstić information content (AvgIpc) is 1.83. The van der Waals surface area contributed by atoms with Crippen LogP contribution in [0.25, 0.3) is 0 Å². The van der Waals surface area contributed by atoms with Crippen molar-refractivity contribution in [2.24, 2.45) is 0 Å². The molecule has 0 heterocycles. The van der Waals surface area contributed by atoms with Gasteiger partial charge in [0.2, 0.25) is 0 Å². The normalized spacial score (nSPS) is 17.1. The fourth-order valence-corrected chi connectivity index (χ4v) is 0.324. The van der Waals surface area contributed by atoms with Crippen molar-refractivity contribution in [1.82, 2.24) is 0 Å². The highest BCUT2D eigenvalue weighted by Crippen LogP contribution is 2.34. The van der Waals surface area contributed by atoms with Crippen LogP contribution in [0.5, 0.6) is 0 Å². The number of rotatable bonds is 2. The van der Waals surface area contributed by atoms with Gasteiger partial charge in [0.15, 0.2) is 0 Å². The highest BCUT2D eigenvalue weighted by Gasteiger charge is 2.60. The van der Waals surface area contributed by atoms with Crippen LogP contribution in [0.15, 0.2) is 12.7 Å². The molecule has 0 spiro atoms. The molecule has 1 atom stereocenters. The molecule has 0 saturated carbocycles. The van der Waals surface area contributed by atoms with E-state index in [0.29, 0.717) is 0 Å². The molecule has 0 aromatic carbocycles. The standard InChI is InChI=1S/C5H4F4O2/c1-2-4(6,3(10)11)5(7,8)9/h2H,1H2,(H,10,11). The van der Waals surface area contributed by atoms with Crippen LogP contribution in [0.3, 0.4) is 0 Å². The molecule has 0 amide bonds. The van der Waals surface area contributed by atoms with Gasteiger partial charge in [-0.3, -0.25) is 0 Å². The summed E-state index contributed by atoms with van der Waals surface area (Å²) in [6, 6.07) is 0. The van der Waals surface area contributed by atoms with E-state index in [1.807, 2.05) is 0 Å². The van der Waals surface area contributed by atoms with Gasteiger partial charge in [-0.1, -0.05) is 6.58 Å². The summed E-state index contributed by atoms with van der Waals surface area (Å²) >= 11 is 0. The predicted molar refractivity (Wildman–Crippen MR) is 27.7 cm³/mol. The van der Waals surface area contributed by atoms with Crippen molar-refractivity contribution in [3.05, 3.63) is 12.7 Å². The lowest BCUT2D eigenvalue weighted by Crippen LogP contribution is -2.46. The maximum Gasteiger partial charge on any atom is 0.437 e. The van der Waals surface area contributed by atoms with Gasteiger partial charge < -0.3 is 5.11 Å². The van der Waals surface area contributed by atoms with Crippen molar-refractivity contribution in [2.45, 2.75) is 11.8 Å². The number of carbonyl (C=O) groups is 1. The van der Waals surface area contributed by atoms with Crippen LogP contribution in [0.1, 0.15) is 0 Å². The van der Waals surface area contributed by atoms with E-state index in [0.717, 1.165) is 0 Å². The molecule has 0 aliphatic heterocycles. The molecule has 1 N–H and O–H groups in total. The van der Waals surface area contributed by atoms with Gasteiger partial charge in [-0.15, -0.1) is 0 Å². The summed E-state index contributed by atoms with van der Waals surface area (Å²) in [7, 11) is 0. The van der Waals surface area contributed by atoms with Gasteiger partial charge in [0.25, 0.3) is 0 Å². The van der Waals surface area contributed by atoms with E-state index >= 15 is 0 Å². The minimum absolute atomic E-state index is 0.296. The van der Waals surface area contributed by atoms with Crippen molar-refractivity contribution in [3.8, 4) is 0 Å². The number of halogens is 4. The molecule has 11 heavy (non-hydrogen) atoms. The molecule has 0 aliphatic rings. The Balaban J connectivity index is 4.91. The Bertz CT molecular complexity index is 185. The Morgan fingerprint density at radius 3 is 1.73 bits per heavy atom. The van der Waals surface area contributed by atoms with Gasteiger partial charge in [-0.2, -0.15) is 13.2 Å². The fourth-order valence-electron chi connectivity index (χ4n) is 0.324. The number of carboxylic acids is 1. The van der Waals surface area contributed by atoms with Crippen LogP contribution in [0.4, 0.5) is 17.6 Å². The first-order chi connectivity index (χ1) is 4.75. The van der Waals surface area contributed by atoms with Crippen LogP contribution in [-0.2, 0) is 4.79 Å². The number of hydrogen-bond donors (Lipinski definition) is 1. The van der Waals surface area contributed by atoms with E-state index in [-0.39, 0.29) is 6.08 Å². The Labute approximate surface area is 59.1 Å². The molecule has 6 heteroatoms. The molecule has 64 valence electrons. The average molecular weight is 172 g/mol. The van der Waals surface area contributed by atoms with E-state index in [4.69, 9.17) is 5.11 Å². The molecule has 0 saturated heterocycles. The summed E-state index contributed by atoms with van der Waals surface area (Å²) in [6.45, 7) is 2.44. The van der Waals surface area contributed by atoms with E-state index in [1.165, 1.54) is 0 Å². The molecular formula is C5H4F4O2. The van der Waals surface area contributed by atoms with Crippen molar-refractivity contribution >= 4 is 5.97 Å². The minimum atomic E-state index is -5.46. The Morgan fingerprint density at radius 2 is 1.73 bits per heavy atom. The molecule has 0 fully saturated rings. The smallest absolute Gasteiger partial charge is 0.437 e. The molecule has 2 nitrogen and oxygen atoms in total. The van der Waals surface area contributed by atoms with E-state index in [2.05, 4.69) is 6.58 Å². The molecule has 0 radical (unpaired) electrons. The second kappa shape index (κ2) is 2.52. The molecule has 0 bridgehead atoms. The zero-order chi connectivity index (χ0) is 9.28. The lowest BCUT2D eigenvalue weighted by molar-refractivity contribution is -0.221. The number of alkyl halides is 4. The third-order valence-electron chi connectivity index (χ3n) is 1.01. The zero-order valence-electron chi connectivity index (χ0n) is 5.15. The molecule has 0 aromatic rings. The largest absolute Gasteiger partial charge is 0.478 e. The molecule has 0 aliphatic carbocycles. The van der Waals surface area contributed by atoms with Gasteiger partial charge in [-0.05, 0) is 6.08 Å². The van der Waals surface area contributed by atoms with Crippen molar-refractivity contribution < 1.29 is 27.5 Å². The highest BCUT2D eigenvalue weighted by molar-refractivity contribution is 5.80. The summed E-state index contributed by atoms with van der Waals surface area (Å²) < 4.78 is 46.9. The van der Waals surface area contributed by atoms with Gasteiger partial charge >= 0.3 is 17.8 Å². The summed E-state index contributed by atoms with van der Waals surface area (Å²) in [5.74, 6) is -2.61. The van der Waals surface area contributed by atoms with Gasteiger partial charge in [0.05, 0.1) is 0 Å². The fraction of sp³-hybridized carbons (Fsp3) is 0.400. The number of carboxylic acid groups (broad SMARTS) is 1. The van der Waals surface area contributed by atoms with Gasteiger partial charge in [-0.25, -0.2) is 9.18 Å². The summed E-state index contributed by atoms with van der Waals surface area (Å²) in [4.78, 5) is 9.73. The second-order valence-corrected chi connectivity index (χ2v) is 1.72. The van der Waals surface area contributed by atoms with Crippen LogP contribution in [0.2, 0.25) is 0 Å². The van der Waals surface area contributed by atoms with E-state index < -0.39 is 17.8 Å². The van der Waals surface area contributed by atoms with Crippen molar-refractivity contribution in [2.75, 3.05) is 0 Å². The number of hydrogen-bond acceptors (Lipinski definition) is 1. The summed E-state index contributed by atoms with van der Waals surface area (Å²) in [5.41, 5.74) is -4.34. The maximum absolute atomic E-state index is 12.3. The van der Waals surface area contributed by atoms with Crippen LogP contribution in [0, 0.1) is 0 Å². The molecular weight excluding hydrogens is 168 g/mol. The van der Waals surface area contributed by atoms with Gasteiger partial charge in [0.1, 0.15) is 0 Å². The van der Waals surface area contributed by atoms with Crippen molar-refractivity contribution in [3.63, 3.8) is 0 Å². The Morgan fingerprint density at radius 1 is 1.36 bits per heavy atom. The van der Waals surface area contributed by atoms with E-state index in [9.17, 15) is 22.4 Å².